The van der Waals surface area contributed by atoms with Crippen molar-refractivity contribution in [1.82, 2.24) is 0 Å². The van der Waals surface area contributed by atoms with Crippen LogP contribution >= 0.6 is 34.2 Å². The number of epoxide rings is 1. The van der Waals surface area contributed by atoms with Crippen molar-refractivity contribution in [2.45, 2.75) is 190 Å². The molecule has 1 heterocycles. The van der Waals surface area contributed by atoms with E-state index in [0.717, 1.165) is 32.1 Å². The smallest absolute Gasteiger partial charge is 0.105 e. The first-order valence-corrected chi connectivity index (χ1v) is 19.3. The van der Waals surface area contributed by atoms with Crippen LogP contribution in [0.3, 0.4) is 0 Å². The number of rotatable bonds is 15. The predicted molar refractivity (Wildman–Crippen MR) is 222 cm³/mol. The molecule has 4 N–H and O–H groups in total. The van der Waals surface area contributed by atoms with Gasteiger partial charge >= 0.3 is 0 Å². The normalized spacial score (nSPS) is 22.2. The second-order valence-electron chi connectivity index (χ2n) is 13.1. The number of aliphatic hydroxyl groups excluding tert-OH is 1. The highest BCUT2D eigenvalue weighted by Gasteiger charge is 2.50. The van der Waals surface area contributed by atoms with Crippen LogP contribution < -0.4 is 0 Å². The van der Waals surface area contributed by atoms with E-state index in [0.29, 0.717) is 31.8 Å². The van der Waals surface area contributed by atoms with Gasteiger partial charge in [0.05, 0.1) is 34.4 Å². The van der Waals surface area contributed by atoms with Gasteiger partial charge in [-0.2, -0.15) is 0 Å². The monoisotopic (exact) mass is 832 g/mol. The largest absolute Gasteiger partial charge is 0.390 e. The van der Waals surface area contributed by atoms with E-state index in [1.165, 1.54) is 0 Å². The minimum atomic E-state index is -1.09. The fraction of sp³-hybridized carbons (Fsp3) is 0.762. The Hall–Kier alpha value is -1.42. The highest BCUT2D eigenvalue weighted by molar-refractivity contribution is 14.1. The minimum absolute atomic E-state index is 0.0476. The molecule has 0 bridgehead atoms. The molecule has 0 amide bonds. The highest BCUT2D eigenvalue weighted by atomic mass is 127. The van der Waals surface area contributed by atoms with Crippen LogP contribution in [0.5, 0.6) is 0 Å². The molecule has 1 rings (SSSR count). The Kier molecular flexibility index (Phi) is 31.1. The summed E-state index contributed by atoms with van der Waals surface area (Å²) in [5.74, 6) is 12.8. The molecule has 288 valence electrons. The van der Waals surface area contributed by atoms with Gasteiger partial charge in [-0.05, 0) is 58.8 Å². The third-order valence-corrected chi connectivity index (χ3v) is 11.4. The van der Waals surface area contributed by atoms with Crippen LogP contribution in [0.1, 0.15) is 140 Å². The van der Waals surface area contributed by atoms with E-state index in [-0.39, 0.29) is 32.8 Å². The van der Waals surface area contributed by atoms with Crippen LogP contribution in [0, 0.1) is 67.6 Å². The minimum Gasteiger partial charge on any atom is -0.390 e. The fourth-order valence-corrected chi connectivity index (χ4v) is 5.63. The number of alkyl halides is 2. The molecule has 50 heavy (non-hydrogen) atoms. The van der Waals surface area contributed by atoms with Crippen molar-refractivity contribution < 1.29 is 29.9 Å². The summed E-state index contributed by atoms with van der Waals surface area (Å²) in [6.45, 7) is 21.3. The second kappa shape index (κ2) is 28.1. The third-order valence-electron chi connectivity index (χ3n) is 9.88. The van der Waals surface area contributed by atoms with Crippen LogP contribution in [0.15, 0.2) is 0 Å². The fourth-order valence-electron chi connectivity index (χ4n) is 4.65. The van der Waals surface area contributed by atoms with Gasteiger partial charge in [-0.1, -0.05) is 78.0 Å². The molecule has 1 aliphatic heterocycles. The molecule has 0 aliphatic carbocycles. The summed E-state index contributed by atoms with van der Waals surface area (Å²) in [6.07, 6.45) is 31.5. The molecular formula is C42H70ClIO6. The van der Waals surface area contributed by atoms with Crippen LogP contribution in [0.2, 0.25) is 0 Å². The Morgan fingerprint density at radius 3 is 1.22 bits per heavy atom. The SMILES string of the molecule is C#CCC(CC)(OC)C(C)Cl.C#CCC(O)(CC)C(C)C.C#CCC(O)(CC)C(C)I.C#CCC(O)(CC)C(C)O.C#CCC1(CC)OC1C. The maximum Gasteiger partial charge on any atom is 0.105 e. The highest BCUT2D eigenvalue weighted by Crippen LogP contribution is 2.41. The lowest BCUT2D eigenvalue weighted by atomic mass is 9.85. The number of halogens is 2. The van der Waals surface area contributed by atoms with Crippen LogP contribution in [0.4, 0.5) is 0 Å². The maximum absolute atomic E-state index is 9.75. The van der Waals surface area contributed by atoms with Crippen molar-refractivity contribution in [1.29, 1.82) is 0 Å². The lowest BCUT2D eigenvalue weighted by Gasteiger charge is -2.31. The van der Waals surface area contributed by atoms with E-state index < -0.39 is 22.9 Å². The number of hydrogen-bond donors (Lipinski definition) is 4. The Balaban J connectivity index is -0.000000265. The van der Waals surface area contributed by atoms with Crippen molar-refractivity contribution in [3.8, 4) is 61.7 Å². The average Bonchev–Trinajstić information content (AvgIpc) is 3.73. The Morgan fingerprint density at radius 2 is 1.12 bits per heavy atom. The molecule has 0 saturated carbocycles. The van der Waals surface area contributed by atoms with E-state index in [9.17, 15) is 15.3 Å². The van der Waals surface area contributed by atoms with Crippen molar-refractivity contribution in [3.05, 3.63) is 0 Å². The van der Waals surface area contributed by atoms with E-state index in [2.05, 4.69) is 66.0 Å². The van der Waals surface area contributed by atoms with Gasteiger partial charge in [0.2, 0.25) is 0 Å². The lowest BCUT2D eigenvalue weighted by molar-refractivity contribution is -0.0645. The first-order valence-electron chi connectivity index (χ1n) is 17.6. The summed E-state index contributed by atoms with van der Waals surface area (Å²) in [4.78, 5) is 0. The standard InChI is InChI=1S/C9H15ClO.C9H16O.C8H13IO.C8H14O2.C8H12O/c1-5-7-9(6-2,11-4)8(3)10;1-5-7-9(10,6-2)8(3)4;2*1-4-6-8(10,5-2)7(3)9;1-4-6-8(5-2)7(3)9-8/h1,8H,6-7H2,2-4H3;1,8,10H,6-7H2,2-4H3;1,7,10H,5-6H2,2-3H3;1,7,9-10H,5-6H2,2-3H3;1,7H,5-6H2,2-3H3. The van der Waals surface area contributed by atoms with Crippen LogP contribution in [-0.2, 0) is 9.47 Å². The number of methoxy groups -OCH3 is 1. The molecule has 0 aromatic rings. The van der Waals surface area contributed by atoms with Gasteiger partial charge in [-0.3, -0.25) is 0 Å². The van der Waals surface area contributed by atoms with Crippen LogP contribution in [0.25, 0.3) is 0 Å². The zero-order valence-electron chi connectivity index (χ0n) is 33.2. The molecule has 0 spiro atoms. The molecule has 0 aromatic heterocycles. The molecule has 8 heteroatoms. The first-order chi connectivity index (χ1) is 23.1. The quantitative estimate of drug-likeness (QED) is 0.0574. The molecule has 9 unspecified atom stereocenters. The third kappa shape index (κ3) is 20.0. The summed E-state index contributed by atoms with van der Waals surface area (Å²) in [5, 5.41) is 38.0. The summed E-state index contributed by atoms with van der Waals surface area (Å²) >= 11 is 8.16. The number of terminal acetylenes is 5. The Bertz CT molecular complexity index is 1010. The zero-order chi connectivity index (χ0) is 40.4. The molecule has 6 nitrogen and oxygen atoms in total. The predicted octanol–water partition coefficient (Wildman–Crippen LogP) is 8.32. The molecule has 1 aliphatic rings. The molecule has 1 saturated heterocycles. The summed E-state index contributed by atoms with van der Waals surface area (Å²) in [5.41, 5.74) is -2.66. The Labute approximate surface area is 327 Å². The van der Waals surface area contributed by atoms with Gasteiger partial charge in [0.15, 0.2) is 0 Å². The first kappa shape index (κ1) is 55.3. The van der Waals surface area contributed by atoms with E-state index in [4.69, 9.17) is 58.3 Å². The maximum atomic E-state index is 9.75. The van der Waals surface area contributed by atoms with Crippen molar-refractivity contribution >= 4 is 34.2 Å². The van der Waals surface area contributed by atoms with E-state index >= 15 is 0 Å². The topological polar surface area (TPSA) is 103 Å². The molecular weight excluding hydrogens is 763 g/mol. The number of aliphatic hydroxyl groups is 4. The van der Waals surface area contributed by atoms with Crippen molar-refractivity contribution in [2.24, 2.45) is 5.92 Å². The Morgan fingerprint density at radius 1 is 0.740 bits per heavy atom. The molecule has 0 radical (unpaired) electrons. The van der Waals surface area contributed by atoms with E-state index in [1.54, 1.807) is 21.0 Å². The lowest BCUT2D eigenvalue weighted by Crippen LogP contribution is -2.39. The number of ether oxygens (including phenoxy) is 2. The average molecular weight is 833 g/mol. The molecule has 9 atom stereocenters. The zero-order valence-corrected chi connectivity index (χ0v) is 36.1. The van der Waals surface area contributed by atoms with Gasteiger partial charge in [0.1, 0.15) is 11.2 Å². The summed E-state index contributed by atoms with van der Waals surface area (Å²) < 4.78 is 10.9. The van der Waals surface area contributed by atoms with Crippen molar-refractivity contribution in [2.75, 3.05) is 7.11 Å². The number of hydrogen-bond acceptors (Lipinski definition) is 6. The van der Waals surface area contributed by atoms with Gasteiger partial charge in [-0.25, -0.2) is 0 Å². The van der Waals surface area contributed by atoms with Gasteiger partial charge < -0.3 is 29.9 Å². The van der Waals surface area contributed by atoms with Gasteiger partial charge in [0.25, 0.3) is 0 Å². The van der Waals surface area contributed by atoms with Crippen molar-refractivity contribution in [3.63, 3.8) is 0 Å². The van der Waals surface area contributed by atoms with E-state index in [1.807, 2.05) is 48.5 Å². The second-order valence-corrected chi connectivity index (χ2v) is 15.7. The van der Waals surface area contributed by atoms with Crippen LogP contribution in [-0.4, -0.2) is 77.1 Å². The summed E-state index contributed by atoms with van der Waals surface area (Å²) in [6, 6.07) is 0. The molecule has 1 fully saturated rings. The summed E-state index contributed by atoms with van der Waals surface area (Å²) in [7, 11) is 1.65. The van der Waals surface area contributed by atoms with Gasteiger partial charge in [-0.15, -0.1) is 73.3 Å². The van der Waals surface area contributed by atoms with Gasteiger partial charge in [0, 0.05) is 43.1 Å². The molecule has 0 aromatic carbocycles.